The average molecular weight is 273 g/mol. The van der Waals surface area contributed by atoms with E-state index in [1.165, 1.54) is 11.8 Å². The number of amides is 1. The van der Waals surface area contributed by atoms with Gasteiger partial charge in [-0.2, -0.15) is 0 Å². The average Bonchev–Trinajstić information content (AvgIpc) is 2.82. The van der Waals surface area contributed by atoms with Crippen LogP contribution in [0.5, 0.6) is 0 Å². The van der Waals surface area contributed by atoms with Crippen LogP contribution in [0.25, 0.3) is 0 Å². The lowest BCUT2D eigenvalue weighted by Crippen LogP contribution is -2.39. The van der Waals surface area contributed by atoms with Crippen LogP contribution in [0.15, 0.2) is 36.1 Å². The van der Waals surface area contributed by atoms with Crippen LogP contribution < -0.4 is 4.90 Å². The van der Waals surface area contributed by atoms with Gasteiger partial charge in [0, 0.05) is 18.7 Å². The molecule has 6 heteroatoms. The number of fused-ring (bicyclic) bond motifs is 2. The maximum atomic E-state index is 12.5. The van der Waals surface area contributed by atoms with Crippen LogP contribution in [0.2, 0.25) is 0 Å². The fourth-order valence-corrected chi connectivity index (χ4v) is 2.53. The molecular weight excluding hydrogens is 262 g/mol. The molecule has 0 aromatic heterocycles. The molecule has 0 aliphatic carbocycles. The topological polar surface area (TPSA) is 72.9 Å². The molecule has 6 nitrogen and oxygen atoms in total. The third kappa shape index (κ3) is 1.41. The molecule has 1 atom stereocenters. The summed E-state index contributed by atoms with van der Waals surface area (Å²) in [6.45, 7) is 1.31. The Morgan fingerprint density at radius 3 is 2.70 bits per heavy atom. The number of hydrogen-bond donors (Lipinski definition) is 0. The summed E-state index contributed by atoms with van der Waals surface area (Å²) in [5.41, 5.74) is -0.565. The van der Waals surface area contributed by atoms with E-state index in [-0.39, 0.29) is 11.5 Å². The molecule has 1 saturated heterocycles. The van der Waals surface area contributed by atoms with Gasteiger partial charge in [-0.15, -0.1) is 0 Å². The van der Waals surface area contributed by atoms with Crippen LogP contribution in [0, 0.1) is 0 Å². The highest BCUT2D eigenvalue weighted by Crippen LogP contribution is 2.50. The van der Waals surface area contributed by atoms with Crippen molar-refractivity contribution in [1.29, 1.82) is 0 Å². The molecule has 2 aliphatic heterocycles. The lowest BCUT2D eigenvalue weighted by molar-refractivity contribution is -0.130. The van der Waals surface area contributed by atoms with Crippen LogP contribution in [0.1, 0.15) is 12.5 Å². The molecule has 2 heterocycles. The summed E-state index contributed by atoms with van der Waals surface area (Å²) < 4.78 is 10.1. The molecule has 1 aromatic carbocycles. The number of cyclic esters (lactones) is 1. The van der Waals surface area contributed by atoms with Gasteiger partial charge in [-0.05, 0) is 13.0 Å². The molecule has 1 spiro atoms. The monoisotopic (exact) mass is 273 g/mol. The standard InChI is InChI=1S/C14H11NO5/c1-8(16)7-11-14(20-13(18)19-11)9-5-3-4-6-10(9)15(2)12(14)17/h3-7H,1-2H3/b11-7+/t14-/m0/s1. The van der Waals surface area contributed by atoms with Crippen molar-refractivity contribution in [2.24, 2.45) is 0 Å². The van der Waals surface area contributed by atoms with E-state index in [9.17, 15) is 14.4 Å². The van der Waals surface area contributed by atoms with Gasteiger partial charge < -0.3 is 14.4 Å². The number of anilines is 1. The highest BCUT2D eigenvalue weighted by molar-refractivity contribution is 6.11. The van der Waals surface area contributed by atoms with Crippen molar-refractivity contribution in [2.45, 2.75) is 12.5 Å². The van der Waals surface area contributed by atoms with E-state index < -0.39 is 17.7 Å². The summed E-state index contributed by atoms with van der Waals surface area (Å²) in [5, 5.41) is 0. The first-order chi connectivity index (χ1) is 9.46. The Kier molecular flexibility index (Phi) is 2.44. The van der Waals surface area contributed by atoms with Gasteiger partial charge in [0.2, 0.25) is 0 Å². The number of ketones is 1. The van der Waals surface area contributed by atoms with Gasteiger partial charge in [-0.3, -0.25) is 9.59 Å². The molecule has 2 aliphatic rings. The highest BCUT2D eigenvalue weighted by atomic mass is 16.8. The minimum Gasteiger partial charge on any atom is -0.404 e. The van der Waals surface area contributed by atoms with Gasteiger partial charge in [0.25, 0.3) is 11.5 Å². The number of rotatable bonds is 1. The molecule has 1 amide bonds. The van der Waals surface area contributed by atoms with Crippen molar-refractivity contribution in [1.82, 2.24) is 0 Å². The molecule has 0 N–H and O–H groups in total. The third-order valence-electron chi connectivity index (χ3n) is 3.36. The van der Waals surface area contributed by atoms with Crippen molar-refractivity contribution in [3.05, 3.63) is 41.7 Å². The maximum Gasteiger partial charge on any atom is 0.515 e. The van der Waals surface area contributed by atoms with Gasteiger partial charge >= 0.3 is 6.16 Å². The summed E-state index contributed by atoms with van der Waals surface area (Å²) in [6.07, 6.45) is 0.120. The SMILES string of the molecule is CC(=O)/C=C1/OC(=O)O[C@]12C(=O)N(C)c1ccccc12. The number of nitrogens with zero attached hydrogens (tertiary/aromatic N) is 1. The number of carbonyl (C=O) groups excluding carboxylic acids is 3. The minimum atomic E-state index is -1.67. The van der Waals surface area contributed by atoms with Crippen LogP contribution in [-0.4, -0.2) is 24.9 Å². The molecular formula is C14H11NO5. The van der Waals surface area contributed by atoms with Gasteiger partial charge in [0.1, 0.15) is 0 Å². The predicted molar refractivity (Wildman–Crippen MR) is 67.9 cm³/mol. The molecule has 1 aromatic rings. The first-order valence-electron chi connectivity index (χ1n) is 5.98. The third-order valence-corrected chi connectivity index (χ3v) is 3.36. The van der Waals surface area contributed by atoms with Crippen molar-refractivity contribution in [3.63, 3.8) is 0 Å². The van der Waals surface area contributed by atoms with E-state index in [0.717, 1.165) is 6.08 Å². The van der Waals surface area contributed by atoms with Crippen LogP contribution >= 0.6 is 0 Å². The first kappa shape index (κ1) is 12.4. The fourth-order valence-electron chi connectivity index (χ4n) is 2.53. The Balaban J connectivity index is 2.28. The molecule has 0 saturated carbocycles. The zero-order valence-electron chi connectivity index (χ0n) is 10.9. The lowest BCUT2D eigenvalue weighted by Gasteiger charge is -2.19. The largest absolute Gasteiger partial charge is 0.515 e. The second-order valence-electron chi connectivity index (χ2n) is 4.64. The van der Waals surface area contributed by atoms with Gasteiger partial charge in [0.05, 0.1) is 5.69 Å². The fraction of sp³-hybridized carbons (Fsp3) is 0.214. The Bertz CT molecular complexity index is 678. The smallest absolute Gasteiger partial charge is 0.404 e. The second kappa shape index (κ2) is 3.93. The second-order valence-corrected chi connectivity index (χ2v) is 4.64. The molecule has 3 rings (SSSR count). The summed E-state index contributed by atoms with van der Waals surface area (Å²) in [7, 11) is 1.58. The van der Waals surface area contributed by atoms with E-state index >= 15 is 0 Å². The van der Waals surface area contributed by atoms with Crippen LogP contribution in [0.3, 0.4) is 0 Å². The first-order valence-corrected chi connectivity index (χ1v) is 5.98. The van der Waals surface area contributed by atoms with E-state index in [4.69, 9.17) is 9.47 Å². The lowest BCUT2D eigenvalue weighted by atomic mass is 9.92. The van der Waals surface area contributed by atoms with Crippen molar-refractivity contribution in [3.8, 4) is 0 Å². The number of benzene rings is 1. The molecule has 0 unspecified atom stereocenters. The quantitative estimate of drug-likeness (QED) is 0.572. The van der Waals surface area contributed by atoms with Gasteiger partial charge in [0.15, 0.2) is 11.5 Å². The summed E-state index contributed by atoms with van der Waals surface area (Å²) >= 11 is 0. The molecule has 1 fully saturated rings. The summed E-state index contributed by atoms with van der Waals surface area (Å²) in [4.78, 5) is 36.7. The number of allylic oxidation sites excluding steroid dienone is 1. The number of hydrogen-bond acceptors (Lipinski definition) is 5. The van der Waals surface area contributed by atoms with Gasteiger partial charge in [-0.25, -0.2) is 4.79 Å². The van der Waals surface area contributed by atoms with Crippen molar-refractivity contribution in [2.75, 3.05) is 11.9 Å². The zero-order valence-corrected chi connectivity index (χ0v) is 10.9. The number of carbonyl (C=O) groups is 3. The molecule has 0 radical (unpaired) electrons. The van der Waals surface area contributed by atoms with Crippen LogP contribution in [0.4, 0.5) is 10.5 Å². The Labute approximate surface area is 114 Å². The summed E-state index contributed by atoms with van der Waals surface area (Å²) in [6, 6.07) is 6.91. The van der Waals surface area contributed by atoms with Crippen molar-refractivity contribution < 1.29 is 23.9 Å². The summed E-state index contributed by atoms with van der Waals surface area (Å²) in [5.74, 6) is -0.883. The predicted octanol–water partition coefficient (Wildman–Crippen LogP) is 1.50. The van der Waals surface area contributed by atoms with E-state index in [1.807, 2.05) is 0 Å². The molecule has 0 bridgehead atoms. The normalized spacial score (nSPS) is 25.9. The molecule has 20 heavy (non-hydrogen) atoms. The minimum absolute atomic E-state index is 0.0863. The van der Waals surface area contributed by atoms with E-state index in [0.29, 0.717) is 11.3 Å². The number of ether oxygens (including phenoxy) is 2. The van der Waals surface area contributed by atoms with Crippen molar-refractivity contribution >= 4 is 23.5 Å². The number of likely N-dealkylation sites (N-methyl/N-ethyl adjacent to an activating group) is 1. The van der Waals surface area contributed by atoms with Crippen LogP contribution in [-0.2, 0) is 24.7 Å². The maximum absolute atomic E-state index is 12.5. The Hall–Kier alpha value is -2.63. The zero-order chi connectivity index (χ0) is 14.5. The Morgan fingerprint density at radius 1 is 1.30 bits per heavy atom. The molecule has 102 valence electrons. The Morgan fingerprint density at radius 2 is 2.00 bits per heavy atom. The van der Waals surface area contributed by atoms with E-state index in [1.54, 1.807) is 31.3 Å². The van der Waals surface area contributed by atoms with Gasteiger partial charge in [-0.1, -0.05) is 18.2 Å². The number of para-hydroxylation sites is 1. The highest BCUT2D eigenvalue weighted by Gasteiger charge is 2.62. The van der Waals surface area contributed by atoms with E-state index in [2.05, 4.69) is 0 Å².